The minimum absolute atomic E-state index is 0.0127. The minimum Gasteiger partial charge on any atom is -0.370 e. The van der Waals surface area contributed by atoms with Crippen LogP contribution in [-0.4, -0.2) is 28.4 Å². The lowest BCUT2D eigenvalue weighted by Crippen LogP contribution is -2.25. The van der Waals surface area contributed by atoms with E-state index in [1.807, 2.05) is 18.2 Å². The molecule has 0 radical (unpaired) electrons. The Bertz CT molecular complexity index is 1040. The number of hydrogen-bond donors (Lipinski definition) is 1. The summed E-state index contributed by atoms with van der Waals surface area (Å²) in [6.45, 7) is 6.08. The van der Waals surface area contributed by atoms with Crippen molar-refractivity contribution < 1.29 is 4.79 Å². The van der Waals surface area contributed by atoms with E-state index in [0.717, 1.165) is 37.2 Å². The van der Waals surface area contributed by atoms with Gasteiger partial charge in [0.05, 0.1) is 38.6 Å². The van der Waals surface area contributed by atoms with E-state index in [-0.39, 0.29) is 6.42 Å². The molecule has 154 valence electrons. The Balaban J connectivity index is 2.21. The SMILES string of the molecule is CCCN(CCC)c1cc(-c2nc3c(Cl)cc(Cl)cn3c2CC(N)=O)ccc1Cl. The molecule has 0 aliphatic carbocycles. The summed E-state index contributed by atoms with van der Waals surface area (Å²) in [6.07, 6.45) is 3.72. The number of anilines is 1. The summed E-state index contributed by atoms with van der Waals surface area (Å²) < 4.78 is 1.73. The van der Waals surface area contributed by atoms with Gasteiger partial charge in [-0.1, -0.05) is 54.7 Å². The lowest BCUT2D eigenvalue weighted by atomic mass is 10.1. The smallest absolute Gasteiger partial charge is 0.223 e. The van der Waals surface area contributed by atoms with E-state index in [2.05, 4.69) is 18.7 Å². The lowest BCUT2D eigenvalue weighted by Gasteiger charge is -2.25. The van der Waals surface area contributed by atoms with Crippen LogP contribution in [0.4, 0.5) is 5.69 Å². The number of nitrogens with zero attached hydrogens (tertiary/aromatic N) is 3. The molecule has 0 bridgehead atoms. The molecule has 1 amide bonds. The maximum absolute atomic E-state index is 11.7. The summed E-state index contributed by atoms with van der Waals surface area (Å²) in [5, 5.41) is 1.53. The number of benzene rings is 1. The first-order valence-electron chi connectivity index (χ1n) is 9.54. The van der Waals surface area contributed by atoms with Crippen LogP contribution in [0.25, 0.3) is 16.9 Å². The predicted octanol–water partition coefficient (Wildman–Crippen LogP) is 5.62. The van der Waals surface area contributed by atoms with Gasteiger partial charge >= 0.3 is 0 Å². The van der Waals surface area contributed by atoms with Gasteiger partial charge in [-0.3, -0.25) is 4.79 Å². The van der Waals surface area contributed by atoms with Crippen LogP contribution in [0.5, 0.6) is 0 Å². The van der Waals surface area contributed by atoms with Crippen molar-refractivity contribution in [2.75, 3.05) is 18.0 Å². The van der Waals surface area contributed by atoms with E-state index in [0.29, 0.717) is 32.1 Å². The number of carbonyl (C=O) groups is 1. The molecular weight excluding hydrogens is 431 g/mol. The quantitative estimate of drug-likeness (QED) is 0.482. The molecule has 3 rings (SSSR count). The first kappa shape index (κ1) is 21.8. The number of nitrogens with two attached hydrogens (primary N) is 1. The van der Waals surface area contributed by atoms with Crippen LogP contribution in [0.2, 0.25) is 15.1 Å². The van der Waals surface area contributed by atoms with Gasteiger partial charge in [-0.25, -0.2) is 4.98 Å². The normalized spacial score (nSPS) is 11.2. The van der Waals surface area contributed by atoms with Crippen molar-refractivity contribution in [2.45, 2.75) is 33.1 Å². The van der Waals surface area contributed by atoms with Crippen LogP contribution in [0.15, 0.2) is 30.5 Å². The zero-order valence-electron chi connectivity index (χ0n) is 16.4. The molecule has 0 fully saturated rings. The predicted molar refractivity (Wildman–Crippen MR) is 121 cm³/mol. The van der Waals surface area contributed by atoms with Crippen LogP contribution >= 0.6 is 34.8 Å². The summed E-state index contributed by atoms with van der Waals surface area (Å²) in [7, 11) is 0. The van der Waals surface area contributed by atoms with E-state index in [1.165, 1.54) is 0 Å². The number of primary amides is 1. The van der Waals surface area contributed by atoms with Crippen LogP contribution in [0.3, 0.4) is 0 Å². The molecule has 0 aliphatic rings. The number of aromatic nitrogens is 2. The maximum atomic E-state index is 11.7. The number of fused-ring (bicyclic) bond motifs is 1. The van der Waals surface area contributed by atoms with Crippen LogP contribution in [-0.2, 0) is 11.2 Å². The number of carbonyl (C=O) groups excluding carboxylic acids is 1. The topological polar surface area (TPSA) is 63.6 Å². The molecule has 3 aromatic rings. The molecule has 0 unspecified atom stereocenters. The maximum Gasteiger partial charge on any atom is 0.223 e. The molecule has 0 spiro atoms. The monoisotopic (exact) mass is 452 g/mol. The summed E-state index contributed by atoms with van der Waals surface area (Å²) >= 11 is 19.0. The van der Waals surface area contributed by atoms with E-state index >= 15 is 0 Å². The second kappa shape index (κ2) is 9.24. The first-order chi connectivity index (χ1) is 13.8. The van der Waals surface area contributed by atoms with Gasteiger partial charge in [0.1, 0.15) is 0 Å². The number of halogens is 3. The summed E-state index contributed by atoms with van der Waals surface area (Å²) in [6, 6.07) is 7.39. The third-order valence-corrected chi connectivity index (χ3v) is 5.43. The lowest BCUT2D eigenvalue weighted by molar-refractivity contribution is -0.117. The Morgan fingerprint density at radius 2 is 1.79 bits per heavy atom. The molecule has 0 saturated carbocycles. The molecule has 8 heteroatoms. The average Bonchev–Trinajstić information content (AvgIpc) is 3.00. The van der Waals surface area contributed by atoms with E-state index in [1.54, 1.807) is 16.7 Å². The number of rotatable bonds is 8. The van der Waals surface area contributed by atoms with Gasteiger partial charge in [-0.05, 0) is 31.0 Å². The fourth-order valence-corrected chi connectivity index (χ4v) is 4.23. The second-order valence-electron chi connectivity index (χ2n) is 6.90. The van der Waals surface area contributed by atoms with E-state index in [4.69, 9.17) is 45.5 Å². The number of pyridine rings is 1. The number of amides is 1. The van der Waals surface area contributed by atoms with Crippen molar-refractivity contribution in [1.29, 1.82) is 0 Å². The van der Waals surface area contributed by atoms with Gasteiger partial charge in [-0.15, -0.1) is 0 Å². The Hall–Kier alpha value is -1.95. The van der Waals surface area contributed by atoms with Crippen molar-refractivity contribution in [3.8, 4) is 11.3 Å². The highest BCUT2D eigenvalue weighted by Gasteiger charge is 2.20. The van der Waals surface area contributed by atoms with Crippen LogP contribution in [0.1, 0.15) is 32.4 Å². The summed E-state index contributed by atoms with van der Waals surface area (Å²) in [4.78, 5) is 18.7. The van der Waals surface area contributed by atoms with Crippen molar-refractivity contribution in [3.63, 3.8) is 0 Å². The van der Waals surface area contributed by atoms with Gasteiger partial charge in [0.25, 0.3) is 0 Å². The van der Waals surface area contributed by atoms with Crippen molar-refractivity contribution in [2.24, 2.45) is 5.73 Å². The molecule has 5 nitrogen and oxygen atoms in total. The van der Waals surface area contributed by atoms with Gasteiger partial charge in [-0.2, -0.15) is 0 Å². The Morgan fingerprint density at radius 3 is 2.41 bits per heavy atom. The third-order valence-electron chi connectivity index (χ3n) is 4.63. The van der Waals surface area contributed by atoms with Gasteiger partial charge in [0, 0.05) is 24.8 Å². The largest absolute Gasteiger partial charge is 0.370 e. The fourth-order valence-electron chi connectivity index (χ4n) is 3.48. The zero-order valence-corrected chi connectivity index (χ0v) is 18.7. The highest BCUT2D eigenvalue weighted by atomic mass is 35.5. The molecule has 1 aromatic carbocycles. The Kier molecular flexibility index (Phi) is 6.93. The summed E-state index contributed by atoms with van der Waals surface area (Å²) in [5.74, 6) is -0.461. The summed E-state index contributed by atoms with van der Waals surface area (Å²) in [5.41, 5.74) is 9.09. The second-order valence-corrected chi connectivity index (χ2v) is 8.15. The molecule has 29 heavy (non-hydrogen) atoms. The zero-order chi connectivity index (χ0) is 21.1. The standard InChI is InChI=1S/C21H23Cl3N4O/c1-3-7-27(8-4-2)17-9-13(5-6-15(17)23)20-18(11-19(25)29)28-12-14(22)10-16(24)21(28)26-20/h5-6,9-10,12H,3-4,7-8,11H2,1-2H3,(H2,25,29). The van der Waals surface area contributed by atoms with E-state index < -0.39 is 5.91 Å². The molecule has 2 N–H and O–H groups in total. The molecule has 0 atom stereocenters. The van der Waals surface area contributed by atoms with Crippen molar-refractivity contribution in [3.05, 3.63) is 51.2 Å². The molecule has 2 heterocycles. The fraction of sp³-hybridized carbons (Fsp3) is 0.333. The molecular formula is C21H23Cl3N4O. The Labute approximate surface area is 185 Å². The number of imidazole rings is 1. The van der Waals surface area contributed by atoms with Crippen molar-refractivity contribution >= 4 is 52.0 Å². The van der Waals surface area contributed by atoms with Gasteiger partial charge in [0.15, 0.2) is 5.65 Å². The number of hydrogen-bond acceptors (Lipinski definition) is 3. The average molecular weight is 454 g/mol. The third kappa shape index (κ3) is 4.63. The van der Waals surface area contributed by atoms with Gasteiger partial charge in [0.2, 0.25) is 5.91 Å². The van der Waals surface area contributed by atoms with E-state index in [9.17, 15) is 4.79 Å². The highest BCUT2D eigenvalue weighted by molar-refractivity contribution is 6.36. The Morgan fingerprint density at radius 1 is 1.10 bits per heavy atom. The van der Waals surface area contributed by atoms with Gasteiger partial charge < -0.3 is 15.0 Å². The minimum atomic E-state index is -0.461. The molecule has 2 aromatic heterocycles. The van der Waals surface area contributed by atoms with Crippen LogP contribution in [0, 0.1) is 0 Å². The molecule has 0 aliphatic heterocycles. The first-order valence-corrected chi connectivity index (χ1v) is 10.7. The molecule has 0 saturated heterocycles. The highest BCUT2D eigenvalue weighted by Crippen LogP contribution is 2.35. The van der Waals surface area contributed by atoms with Crippen LogP contribution < -0.4 is 10.6 Å². The van der Waals surface area contributed by atoms with Crippen molar-refractivity contribution in [1.82, 2.24) is 9.38 Å².